The fourth-order valence-electron chi connectivity index (χ4n) is 1.62. The lowest BCUT2D eigenvalue weighted by Gasteiger charge is -2.09. The zero-order valence-corrected chi connectivity index (χ0v) is 13.2. The highest BCUT2D eigenvalue weighted by Gasteiger charge is 2.10. The summed E-state index contributed by atoms with van der Waals surface area (Å²) in [4.78, 5) is 23.4. The smallest absolute Gasteiger partial charge is 0.251 e. The van der Waals surface area contributed by atoms with E-state index in [0.29, 0.717) is 25.3 Å². The van der Waals surface area contributed by atoms with E-state index in [1.54, 1.807) is 13.2 Å². The monoisotopic (exact) mass is 342 g/mol. The van der Waals surface area contributed by atoms with E-state index >= 15 is 0 Å². The second-order valence-corrected chi connectivity index (χ2v) is 5.12. The van der Waals surface area contributed by atoms with Gasteiger partial charge in [-0.1, -0.05) is 22.0 Å². The third-order valence-electron chi connectivity index (χ3n) is 2.78. The van der Waals surface area contributed by atoms with Gasteiger partial charge in [-0.3, -0.25) is 9.59 Å². The van der Waals surface area contributed by atoms with Gasteiger partial charge in [-0.25, -0.2) is 0 Å². The van der Waals surface area contributed by atoms with Crippen molar-refractivity contribution in [3.05, 3.63) is 33.8 Å². The van der Waals surface area contributed by atoms with Crippen LogP contribution < -0.4 is 10.6 Å². The minimum absolute atomic E-state index is 0.103. The lowest BCUT2D eigenvalue weighted by atomic mass is 10.1. The van der Waals surface area contributed by atoms with Crippen molar-refractivity contribution in [2.75, 3.05) is 26.8 Å². The van der Waals surface area contributed by atoms with Crippen LogP contribution in [0, 0.1) is 6.92 Å². The third-order valence-corrected chi connectivity index (χ3v) is 3.64. The Morgan fingerprint density at radius 2 is 2.00 bits per heavy atom. The molecule has 6 heteroatoms. The standard InChI is InChI=1S/C14H19BrN2O3/c1-10-11(4-3-5-12(10)15)14(19)17-7-6-13(18)16-8-9-20-2/h3-5H,6-9H2,1-2H3,(H,16,18)(H,17,19). The van der Waals surface area contributed by atoms with E-state index in [2.05, 4.69) is 26.6 Å². The molecule has 0 saturated carbocycles. The van der Waals surface area contributed by atoms with E-state index in [0.717, 1.165) is 10.0 Å². The van der Waals surface area contributed by atoms with Crippen LogP contribution in [0.1, 0.15) is 22.3 Å². The van der Waals surface area contributed by atoms with Gasteiger partial charge in [0.05, 0.1) is 6.61 Å². The van der Waals surface area contributed by atoms with Gasteiger partial charge in [-0.2, -0.15) is 0 Å². The summed E-state index contributed by atoms with van der Waals surface area (Å²) < 4.78 is 5.72. The molecule has 0 unspecified atom stereocenters. The van der Waals surface area contributed by atoms with Crippen molar-refractivity contribution in [2.24, 2.45) is 0 Å². The van der Waals surface area contributed by atoms with Crippen molar-refractivity contribution in [3.63, 3.8) is 0 Å². The number of benzene rings is 1. The van der Waals surface area contributed by atoms with Gasteiger partial charge < -0.3 is 15.4 Å². The maximum atomic E-state index is 12.0. The van der Waals surface area contributed by atoms with Crippen molar-refractivity contribution in [1.82, 2.24) is 10.6 Å². The quantitative estimate of drug-likeness (QED) is 0.740. The second kappa shape index (κ2) is 8.71. The molecule has 0 aliphatic rings. The summed E-state index contributed by atoms with van der Waals surface area (Å²) in [6.07, 6.45) is 0.252. The molecular weight excluding hydrogens is 324 g/mol. The molecule has 1 aromatic rings. The topological polar surface area (TPSA) is 67.4 Å². The molecule has 0 aliphatic carbocycles. The SMILES string of the molecule is COCCNC(=O)CCNC(=O)c1cccc(Br)c1C. The van der Waals surface area contributed by atoms with Crippen molar-refractivity contribution in [3.8, 4) is 0 Å². The second-order valence-electron chi connectivity index (χ2n) is 4.26. The van der Waals surface area contributed by atoms with Crippen molar-refractivity contribution in [1.29, 1.82) is 0 Å². The Balaban J connectivity index is 2.37. The van der Waals surface area contributed by atoms with Crippen LogP contribution in [0.25, 0.3) is 0 Å². The van der Waals surface area contributed by atoms with Crippen molar-refractivity contribution < 1.29 is 14.3 Å². The average Bonchev–Trinajstić information content (AvgIpc) is 2.42. The molecule has 0 radical (unpaired) electrons. The zero-order chi connectivity index (χ0) is 15.0. The summed E-state index contributed by atoms with van der Waals surface area (Å²) in [5.41, 5.74) is 1.49. The summed E-state index contributed by atoms with van der Waals surface area (Å²) in [7, 11) is 1.58. The van der Waals surface area contributed by atoms with Crippen LogP contribution >= 0.6 is 15.9 Å². The van der Waals surface area contributed by atoms with Crippen LogP contribution in [-0.2, 0) is 9.53 Å². The average molecular weight is 343 g/mol. The first-order valence-corrected chi connectivity index (χ1v) is 7.14. The molecule has 0 fully saturated rings. The Morgan fingerprint density at radius 3 is 2.70 bits per heavy atom. The third kappa shape index (κ3) is 5.30. The number of hydrogen-bond acceptors (Lipinski definition) is 3. The molecule has 110 valence electrons. The first kappa shape index (κ1) is 16.7. The summed E-state index contributed by atoms with van der Waals surface area (Å²) in [6.45, 7) is 3.14. The number of methoxy groups -OCH3 is 1. The highest BCUT2D eigenvalue weighted by molar-refractivity contribution is 9.10. The molecule has 0 aliphatic heterocycles. The highest BCUT2D eigenvalue weighted by atomic mass is 79.9. The number of halogens is 1. The normalized spacial score (nSPS) is 10.2. The maximum Gasteiger partial charge on any atom is 0.251 e. The van der Waals surface area contributed by atoms with Gasteiger partial charge in [-0.05, 0) is 24.6 Å². The minimum Gasteiger partial charge on any atom is -0.383 e. The molecule has 20 heavy (non-hydrogen) atoms. The van der Waals surface area contributed by atoms with Gasteiger partial charge in [-0.15, -0.1) is 0 Å². The fraction of sp³-hybridized carbons (Fsp3) is 0.429. The van der Waals surface area contributed by atoms with E-state index in [4.69, 9.17) is 4.74 Å². The Kier molecular flexibility index (Phi) is 7.25. The van der Waals surface area contributed by atoms with Crippen LogP contribution in [0.5, 0.6) is 0 Å². The Hall–Kier alpha value is -1.40. The van der Waals surface area contributed by atoms with Gasteiger partial charge >= 0.3 is 0 Å². The molecule has 0 aromatic heterocycles. The summed E-state index contributed by atoms with van der Waals surface area (Å²) in [5.74, 6) is -0.276. The van der Waals surface area contributed by atoms with E-state index < -0.39 is 0 Å². The van der Waals surface area contributed by atoms with Gasteiger partial charge in [0.15, 0.2) is 0 Å². The lowest BCUT2D eigenvalue weighted by Crippen LogP contribution is -2.32. The summed E-state index contributed by atoms with van der Waals surface area (Å²) in [5, 5.41) is 5.43. The molecule has 1 aromatic carbocycles. The maximum absolute atomic E-state index is 12.0. The Labute approximate surface area is 127 Å². The van der Waals surface area contributed by atoms with Crippen LogP contribution in [-0.4, -0.2) is 38.6 Å². The molecule has 2 amide bonds. The number of carbonyl (C=O) groups is 2. The Morgan fingerprint density at radius 1 is 1.25 bits per heavy atom. The van der Waals surface area contributed by atoms with Crippen molar-refractivity contribution in [2.45, 2.75) is 13.3 Å². The molecule has 5 nitrogen and oxygen atoms in total. The van der Waals surface area contributed by atoms with Gasteiger partial charge in [0.2, 0.25) is 5.91 Å². The summed E-state index contributed by atoms with van der Waals surface area (Å²) >= 11 is 3.39. The summed E-state index contributed by atoms with van der Waals surface area (Å²) in [6, 6.07) is 5.45. The molecule has 2 N–H and O–H groups in total. The van der Waals surface area contributed by atoms with Crippen molar-refractivity contribution >= 4 is 27.7 Å². The fourth-order valence-corrected chi connectivity index (χ4v) is 1.99. The number of ether oxygens (including phenoxy) is 1. The minimum atomic E-state index is -0.173. The lowest BCUT2D eigenvalue weighted by molar-refractivity contribution is -0.121. The van der Waals surface area contributed by atoms with Gasteiger partial charge in [0.1, 0.15) is 0 Å². The van der Waals surface area contributed by atoms with Crippen LogP contribution in [0.3, 0.4) is 0 Å². The first-order chi connectivity index (χ1) is 9.56. The van der Waals surface area contributed by atoms with E-state index in [9.17, 15) is 9.59 Å². The Bertz CT molecular complexity index is 477. The van der Waals surface area contributed by atoms with E-state index in [-0.39, 0.29) is 18.2 Å². The predicted molar refractivity (Wildman–Crippen MR) is 80.7 cm³/mol. The number of rotatable bonds is 7. The molecule has 0 bridgehead atoms. The number of amides is 2. The molecule has 0 heterocycles. The molecule has 0 spiro atoms. The van der Waals surface area contributed by atoms with Gasteiger partial charge in [0, 0.05) is 36.7 Å². The van der Waals surface area contributed by atoms with E-state index in [1.807, 2.05) is 19.1 Å². The molecule has 0 atom stereocenters. The molecule has 0 saturated heterocycles. The predicted octanol–water partition coefficient (Wildman–Crippen LogP) is 1.64. The highest BCUT2D eigenvalue weighted by Crippen LogP contribution is 2.19. The molecule has 1 rings (SSSR count). The van der Waals surface area contributed by atoms with Crippen LogP contribution in [0.4, 0.5) is 0 Å². The van der Waals surface area contributed by atoms with Crippen LogP contribution in [0.15, 0.2) is 22.7 Å². The number of hydrogen-bond donors (Lipinski definition) is 2. The van der Waals surface area contributed by atoms with Gasteiger partial charge in [0.25, 0.3) is 5.91 Å². The molecular formula is C14H19BrN2O3. The zero-order valence-electron chi connectivity index (χ0n) is 11.7. The number of carbonyl (C=O) groups excluding carboxylic acids is 2. The van der Waals surface area contributed by atoms with Crippen LogP contribution in [0.2, 0.25) is 0 Å². The van der Waals surface area contributed by atoms with E-state index in [1.165, 1.54) is 0 Å². The largest absolute Gasteiger partial charge is 0.383 e. The first-order valence-electron chi connectivity index (χ1n) is 6.35. The number of nitrogens with one attached hydrogen (secondary N) is 2.